The standard InChI is InChI=1S/C13H15BrClN3OS/c14-10-7-9(1-2-11(10)15)13(19)18-5-3-17(4-6-18)8-12(16)20/h1-2,7H,3-6,8H2,(H2,16,20). The highest BCUT2D eigenvalue weighted by atomic mass is 79.9. The molecule has 0 unspecified atom stereocenters. The fraction of sp³-hybridized carbons (Fsp3) is 0.385. The van der Waals surface area contributed by atoms with Gasteiger partial charge in [0.05, 0.1) is 10.0 Å². The lowest BCUT2D eigenvalue weighted by Crippen LogP contribution is -2.50. The molecule has 1 aromatic carbocycles. The van der Waals surface area contributed by atoms with E-state index in [4.69, 9.17) is 29.6 Å². The number of nitrogens with two attached hydrogens (primary N) is 1. The number of benzene rings is 1. The average molecular weight is 377 g/mol. The van der Waals surface area contributed by atoms with Gasteiger partial charge in [0.15, 0.2) is 0 Å². The molecule has 1 heterocycles. The second-order valence-corrected chi connectivity index (χ2v) is 6.45. The van der Waals surface area contributed by atoms with Crippen molar-refractivity contribution in [3.05, 3.63) is 33.3 Å². The highest BCUT2D eigenvalue weighted by molar-refractivity contribution is 9.10. The van der Waals surface area contributed by atoms with Gasteiger partial charge in [-0.25, -0.2) is 0 Å². The number of nitrogens with zero attached hydrogens (tertiary/aromatic N) is 2. The zero-order chi connectivity index (χ0) is 14.7. The number of carbonyl (C=O) groups excluding carboxylic acids is 1. The summed E-state index contributed by atoms with van der Waals surface area (Å²) in [7, 11) is 0. The summed E-state index contributed by atoms with van der Waals surface area (Å²) in [6.45, 7) is 3.56. The van der Waals surface area contributed by atoms with E-state index in [1.165, 1.54) is 0 Å². The number of hydrogen-bond donors (Lipinski definition) is 1. The minimum Gasteiger partial charge on any atom is -0.392 e. The Bertz CT molecular complexity index is 532. The molecule has 20 heavy (non-hydrogen) atoms. The van der Waals surface area contributed by atoms with Gasteiger partial charge in [-0.2, -0.15) is 0 Å². The number of halogens is 2. The van der Waals surface area contributed by atoms with E-state index in [9.17, 15) is 4.79 Å². The second-order valence-electron chi connectivity index (χ2n) is 4.66. The molecule has 7 heteroatoms. The van der Waals surface area contributed by atoms with Crippen LogP contribution < -0.4 is 5.73 Å². The van der Waals surface area contributed by atoms with Crippen LogP contribution >= 0.6 is 39.7 Å². The molecule has 2 rings (SSSR count). The van der Waals surface area contributed by atoms with E-state index in [0.29, 0.717) is 35.2 Å². The van der Waals surface area contributed by atoms with Crippen molar-refractivity contribution < 1.29 is 4.79 Å². The van der Waals surface area contributed by atoms with Crippen molar-refractivity contribution in [1.29, 1.82) is 0 Å². The van der Waals surface area contributed by atoms with Gasteiger partial charge < -0.3 is 10.6 Å². The van der Waals surface area contributed by atoms with Crippen LogP contribution in [-0.2, 0) is 0 Å². The van der Waals surface area contributed by atoms with Gasteiger partial charge in [-0.15, -0.1) is 0 Å². The zero-order valence-corrected chi connectivity index (χ0v) is 14.0. The molecule has 0 radical (unpaired) electrons. The molecule has 4 nitrogen and oxygen atoms in total. The molecule has 0 spiro atoms. The molecule has 108 valence electrons. The van der Waals surface area contributed by atoms with Crippen LogP contribution in [-0.4, -0.2) is 53.4 Å². The SMILES string of the molecule is NC(=S)CN1CCN(C(=O)c2ccc(Cl)c(Br)c2)CC1. The molecule has 1 fully saturated rings. The van der Waals surface area contributed by atoms with Gasteiger partial charge in [0.2, 0.25) is 0 Å². The van der Waals surface area contributed by atoms with Gasteiger partial charge in [0, 0.05) is 42.8 Å². The van der Waals surface area contributed by atoms with Crippen molar-refractivity contribution in [3.8, 4) is 0 Å². The zero-order valence-electron chi connectivity index (χ0n) is 10.8. The van der Waals surface area contributed by atoms with Crippen LogP contribution in [0.15, 0.2) is 22.7 Å². The molecular formula is C13H15BrClN3OS. The maximum Gasteiger partial charge on any atom is 0.253 e. The van der Waals surface area contributed by atoms with Crippen LogP contribution in [0.1, 0.15) is 10.4 Å². The largest absolute Gasteiger partial charge is 0.392 e. The molecule has 1 aliphatic heterocycles. The number of thiocarbonyl (C=S) groups is 1. The van der Waals surface area contributed by atoms with E-state index in [1.807, 2.05) is 4.90 Å². The number of piperazine rings is 1. The summed E-state index contributed by atoms with van der Waals surface area (Å²) in [5.74, 6) is 0.0253. The number of carbonyl (C=O) groups is 1. The predicted octanol–water partition coefficient (Wildman–Crippen LogP) is 2.15. The maximum absolute atomic E-state index is 12.4. The van der Waals surface area contributed by atoms with Crippen molar-refractivity contribution in [3.63, 3.8) is 0 Å². The van der Waals surface area contributed by atoms with Crippen LogP contribution in [0, 0.1) is 0 Å². The van der Waals surface area contributed by atoms with E-state index in [0.717, 1.165) is 17.6 Å². The summed E-state index contributed by atoms with van der Waals surface area (Å²) in [6.07, 6.45) is 0. The second kappa shape index (κ2) is 6.85. The fourth-order valence-electron chi connectivity index (χ4n) is 2.14. The quantitative estimate of drug-likeness (QED) is 0.821. The number of amides is 1. The summed E-state index contributed by atoms with van der Waals surface area (Å²) >= 11 is 14.2. The Hall–Kier alpha value is -0.690. The van der Waals surface area contributed by atoms with Crippen molar-refractivity contribution >= 4 is 50.6 Å². The summed E-state index contributed by atoms with van der Waals surface area (Å²) in [5.41, 5.74) is 6.17. The molecule has 1 aromatic rings. The predicted molar refractivity (Wildman–Crippen MR) is 88.3 cm³/mol. The topological polar surface area (TPSA) is 49.6 Å². The molecule has 1 amide bonds. The number of rotatable bonds is 3. The van der Waals surface area contributed by atoms with Gasteiger partial charge in [0.1, 0.15) is 0 Å². The third kappa shape index (κ3) is 3.91. The van der Waals surface area contributed by atoms with Crippen LogP contribution in [0.4, 0.5) is 0 Å². The Labute approximate surface area is 137 Å². The Kier molecular flexibility index (Phi) is 5.37. The molecule has 0 bridgehead atoms. The molecule has 0 aromatic heterocycles. The van der Waals surface area contributed by atoms with Crippen molar-refractivity contribution in [2.75, 3.05) is 32.7 Å². The normalized spacial score (nSPS) is 16.2. The van der Waals surface area contributed by atoms with Crippen LogP contribution in [0.3, 0.4) is 0 Å². The summed E-state index contributed by atoms with van der Waals surface area (Å²) in [4.78, 5) is 16.9. The van der Waals surface area contributed by atoms with Crippen molar-refractivity contribution in [2.45, 2.75) is 0 Å². The fourth-order valence-corrected chi connectivity index (χ4v) is 2.82. The smallest absolute Gasteiger partial charge is 0.253 e. The summed E-state index contributed by atoms with van der Waals surface area (Å²) < 4.78 is 0.733. The Morgan fingerprint density at radius 3 is 2.55 bits per heavy atom. The highest BCUT2D eigenvalue weighted by Crippen LogP contribution is 2.24. The molecule has 0 saturated carbocycles. The molecule has 1 aliphatic rings. The first-order chi connectivity index (χ1) is 9.47. The first-order valence-electron chi connectivity index (χ1n) is 6.22. The van der Waals surface area contributed by atoms with E-state index in [2.05, 4.69) is 20.8 Å². The van der Waals surface area contributed by atoms with Gasteiger partial charge in [0.25, 0.3) is 5.91 Å². The van der Waals surface area contributed by atoms with Crippen molar-refractivity contribution in [1.82, 2.24) is 9.80 Å². The van der Waals surface area contributed by atoms with Crippen molar-refractivity contribution in [2.24, 2.45) is 5.73 Å². The molecule has 0 aliphatic carbocycles. The lowest BCUT2D eigenvalue weighted by atomic mass is 10.2. The average Bonchev–Trinajstić information content (AvgIpc) is 2.41. The first-order valence-corrected chi connectivity index (χ1v) is 7.80. The van der Waals surface area contributed by atoms with E-state index >= 15 is 0 Å². The molecule has 2 N–H and O–H groups in total. The molecular weight excluding hydrogens is 362 g/mol. The van der Waals surface area contributed by atoms with Gasteiger partial charge in [-0.3, -0.25) is 9.69 Å². The van der Waals surface area contributed by atoms with Gasteiger partial charge in [-0.05, 0) is 34.1 Å². The van der Waals surface area contributed by atoms with Crippen LogP contribution in [0.2, 0.25) is 5.02 Å². The van der Waals surface area contributed by atoms with Crippen LogP contribution in [0.5, 0.6) is 0 Å². The minimum atomic E-state index is 0.0253. The Balaban J connectivity index is 1.97. The summed E-state index contributed by atoms with van der Waals surface area (Å²) in [6, 6.07) is 5.23. The highest BCUT2D eigenvalue weighted by Gasteiger charge is 2.22. The lowest BCUT2D eigenvalue weighted by Gasteiger charge is -2.34. The maximum atomic E-state index is 12.4. The summed E-state index contributed by atoms with van der Waals surface area (Å²) in [5, 5.41) is 0.600. The molecule has 1 saturated heterocycles. The monoisotopic (exact) mass is 375 g/mol. The number of hydrogen-bond acceptors (Lipinski definition) is 3. The third-order valence-electron chi connectivity index (χ3n) is 3.21. The van der Waals surface area contributed by atoms with E-state index < -0.39 is 0 Å². The van der Waals surface area contributed by atoms with E-state index in [-0.39, 0.29) is 5.91 Å². The van der Waals surface area contributed by atoms with Crippen LogP contribution in [0.25, 0.3) is 0 Å². The lowest BCUT2D eigenvalue weighted by molar-refractivity contribution is 0.0654. The minimum absolute atomic E-state index is 0.0253. The Morgan fingerprint density at radius 1 is 1.35 bits per heavy atom. The Morgan fingerprint density at radius 2 is 2.00 bits per heavy atom. The third-order valence-corrected chi connectivity index (χ3v) is 4.55. The van der Waals surface area contributed by atoms with E-state index in [1.54, 1.807) is 18.2 Å². The van der Waals surface area contributed by atoms with Gasteiger partial charge >= 0.3 is 0 Å². The first kappa shape index (κ1) is 15.7. The molecule has 0 atom stereocenters. The van der Waals surface area contributed by atoms with Gasteiger partial charge in [-0.1, -0.05) is 23.8 Å².